The molecule has 2 saturated heterocycles. The normalized spacial score (nSPS) is 18.4. The van der Waals surface area contributed by atoms with Crippen molar-refractivity contribution in [2.45, 2.75) is 25.9 Å². The Labute approximate surface area is 340 Å². The van der Waals surface area contributed by atoms with Crippen LogP contribution < -0.4 is 30.7 Å². The van der Waals surface area contributed by atoms with E-state index in [1.807, 2.05) is 4.90 Å². The number of aromatic nitrogens is 4. The summed E-state index contributed by atoms with van der Waals surface area (Å²) in [6.07, 6.45) is 0. The van der Waals surface area contributed by atoms with Crippen molar-refractivity contribution in [3.05, 3.63) is 30.1 Å². The van der Waals surface area contributed by atoms with Gasteiger partial charge in [0.15, 0.2) is 28.9 Å². The molecule has 6 rings (SSSR count). The van der Waals surface area contributed by atoms with E-state index in [9.17, 15) is 4.79 Å². The molecule has 0 aromatic carbocycles. The number of anilines is 3. The van der Waals surface area contributed by atoms with Crippen molar-refractivity contribution < 1.29 is 38.1 Å². The van der Waals surface area contributed by atoms with Gasteiger partial charge in [0.1, 0.15) is 13.2 Å². The zero-order valence-electron chi connectivity index (χ0n) is 24.1. The Balaban J connectivity index is 0.000000344. The summed E-state index contributed by atoms with van der Waals surface area (Å²) < 4.78 is 21.8. The zero-order chi connectivity index (χ0) is 34.1. The standard InChI is InChI=1S/C10H11ClN4O3.C9H11ClN4O2.2C2H5.5HI.2V/c11-10-13-6(8(12)16)7-9(14-10)15-1-2-17-3-5(15)4-18-7;10-9-12-7(11)6-8(13-9)14-1-2-15-3-5(14)4-16-6;2*1-2;;;;;;;/h5H,1-4H2,(H2,12,16);5H,1-4H2,(H2,11,12,13);2*1H2,2H3;5*1H;;/q;;2*-1;;;;;;+2;+3/p-5. The summed E-state index contributed by atoms with van der Waals surface area (Å²) >= 11 is 23.7. The van der Waals surface area contributed by atoms with Crippen LogP contribution >= 0.6 is 123 Å². The molecule has 4 aliphatic rings. The topological polar surface area (TPSA) is 164 Å². The number of carbonyl (C=O) groups excluding carboxylic acids is 1. The van der Waals surface area contributed by atoms with Crippen LogP contribution in [0, 0.1) is 13.8 Å². The molecule has 0 bridgehead atoms. The van der Waals surface area contributed by atoms with Gasteiger partial charge in [-0.2, -0.15) is 28.8 Å². The second-order valence-corrected chi connectivity index (χ2v) is 55.9. The number of hydrogen-bond acceptors (Lipinski definition) is 12. The number of morpholine rings is 2. The van der Waals surface area contributed by atoms with Gasteiger partial charge in [-0.1, -0.05) is 0 Å². The van der Waals surface area contributed by atoms with Gasteiger partial charge >= 0.3 is 114 Å². The summed E-state index contributed by atoms with van der Waals surface area (Å²) in [5.74, 6) is 1.65. The van der Waals surface area contributed by atoms with E-state index in [4.69, 9.17) is 53.6 Å². The van der Waals surface area contributed by atoms with Gasteiger partial charge in [0.05, 0.1) is 38.5 Å². The summed E-state index contributed by atoms with van der Waals surface area (Å²) in [4.78, 5) is 31.2. The van der Waals surface area contributed by atoms with Crippen molar-refractivity contribution in [1.82, 2.24) is 19.9 Å². The molecule has 255 valence electrons. The quantitative estimate of drug-likeness (QED) is 0.188. The molecule has 2 aromatic rings. The van der Waals surface area contributed by atoms with E-state index >= 15 is 0 Å². The summed E-state index contributed by atoms with van der Waals surface area (Å²) in [6, 6.07) is 0.268. The maximum atomic E-state index is 11.3. The molecule has 13 nitrogen and oxygen atoms in total. The zero-order valence-corrected chi connectivity index (χ0v) is 39.2. The molecular formula is C23H32Cl2I5N8O5V2-2. The van der Waals surface area contributed by atoms with E-state index in [2.05, 4.69) is 139 Å². The number of primary amides is 1. The summed E-state index contributed by atoms with van der Waals surface area (Å²) in [7, 11) is 0.628. The molecule has 22 heteroatoms. The molecule has 0 radical (unpaired) electrons. The van der Waals surface area contributed by atoms with Crippen LogP contribution in [0.5, 0.6) is 11.5 Å². The molecule has 4 N–H and O–H groups in total. The minimum atomic E-state index is -0.678. The second-order valence-electron chi connectivity index (χ2n) is 8.11. The molecule has 2 unspecified atom stereocenters. The number of fused-ring (bicyclic) bond motifs is 6. The fourth-order valence-corrected chi connectivity index (χ4v) is 4.51. The van der Waals surface area contributed by atoms with Crippen LogP contribution in [0.3, 0.4) is 0 Å². The molecule has 4 aliphatic heterocycles. The van der Waals surface area contributed by atoms with Crippen molar-refractivity contribution in [3.63, 3.8) is 0 Å². The van der Waals surface area contributed by atoms with Gasteiger partial charge in [0.2, 0.25) is 16.3 Å². The van der Waals surface area contributed by atoms with Crippen LogP contribution in [0.25, 0.3) is 0 Å². The molecule has 0 spiro atoms. The summed E-state index contributed by atoms with van der Waals surface area (Å²) in [6.45, 7) is 14.9. The van der Waals surface area contributed by atoms with E-state index in [1.165, 1.54) is 0 Å². The first-order valence-electron chi connectivity index (χ1n) is 12.8. The Bertz CT molecular complexity index is 1200. The Morgan fingerprint density at radius 3 is 1.69 bits per heavy atom. The van der Waals surface area contributed by atoms with E-state index in [0.29, 0.717) is 84.6 Å². The average molecular weight is 1310 g/mol. The molecule has 45 heavy (non-hydrogen) atoms. The molecular weight excluding hydrogens is 1280 g/mol. The monoisotopic (exact) mass is 1310 g/mol. The third-order valence-electron chi connectivity index (χ3n) is 5.74. The molecule has 6 heterocycles. The number of halogens is 7. The Morgan fingerprint density at radius 1 is 0.844 bits per heavy atom. The maximum absolute atomic E-state index is 11.3. The summed E-state index contributed by atoms with van der Waals surface area (Å²) in [5, 5.41) is 0.130. The molecule has 0 saturated carbocycles. The number of carbonyl (C=O) groups is 1. The van der Waals surface area contributed by atoms with Gasteiger partial charge in [-0.05, 0) is 23.2 Å². The third-order valence-corrected chi connectivity index (χ3v) is 6.08. The van der Waals surface area contributed by atoms with E-state index in [-0.39, 0.29) is 33.3 Å². The van der Waals surface area contributed by atoms with Gasteiger partial charge in [0.25, 0.3) is 5.91 Å². The number of ether oxygens (including phenoxy) is 4. The van der Waals surface area contributed by atoms with Crippen LogP contribution in [-0.2, 0) is 23.9 Å². The molecule has 1 amide bonds. The van der Waals surface area contributed by atoms with Gasteiger partial charge in [-0.3, -0.25) is 4.79 Å². The average Bonchev–Trinajstić information content (AvgIpc) is 3.03. The van der Waals surface area contributed by atoms with Gasteiger partial charge in [-0.15, -0.1) is 0 Å². The number of hydrogen-bond donors (Lipinski definition) is 2. The molecule has 0 aliphatic carbocycles. The van der Waals surface area contributed by atoms with Crippen molar-refractivity contribution in [2.24, 2.45) is 5.73 Å². The van der Waals surface area contributed by atoms with Crippen molar-refractivity contribution >= 4 is 146 Å². The van der Waals surface area contributed by atoms with E-state index in [1.54, 1.807) is 13.8 Å². The molecule has 2 aromatic heterocycles. The first kappa shape index (κ1) is 45.0. The Morgan fingerprint density at radius 2 is 1.24 bits per heavy atom. The van der Waals surface area contributed by atoms with E-state index in [0.717, 1.165) is 6.54 Å². The van der Waals surface area contributed by atoms with Crippen molar-refractivity contribution in [3.8, 4) is 11.5 Å². The molecule has 2 atom stereocenters. The van der Waals surface area contributed by atoms with Gasteiger partial charge < -0.3 is 54.1 Å². The van der Waals surface area contributed by atoms with Crippen molar-refractivity contribution in [2.75, 3.05) is 68.3 Å². The number of amides is 1. The summed E-state index contributed by atoms with van der Waals surface area (Å²) in [5.41, 5.74) is 11.0. The number of rotatable bonds is 1. The van der Waals surface area contributed by atoms with Crippen molar-refractivity contribution in [1.29, 1.82) is 0 Å². The minimum absolute atomic E-state index is 0.0155. The first-order valence-corrected chi connectivity index (χ1v) is 36.1. The van der Waals surface area contributed by atoms with Crippen LogP contribution in [0.4, 0.5) is 17.5 Å². The van der Waals surface area contributed by atoms with Gasteiger partial charge in [-0.25, -0.2) is 4.98 Å². The Kier molecular flexibility index (Phi) is 25.0. The SMILES string of the molecule is NC(=O)c1nc(Cl)nc2c1OCC1COCCN21.Nc1nc(Cl)nc2c1OCC1COCCN21.[CH2-]C.[CH2-]C.[I][V]([I])[I].[I][V][I]. The first-order chi connectivity index (χ1) is 21.6. The predicted octanol–water partition coefficient (Wildman–Crippen LogP) is 6.24. The predicted molar refractivity (Wildman–Crippen MR) is 214 cm³/mol. The van der Waals surface area contributed by atoms with Crippen LogP contribution in [-0.4, -0.2) is 90.7 Å². The number of nitrogens with zero attached hydrogens (tertiary/aromatic N) is 6. The Hall–Kier alpha value is 1.95. The fourth-order valence-electron chi connectivity index (χ4n) is 4.17. The van der Waals surface area contributed by atoms with Gasteiger partial charge in [0, 0.05) is 13.1 Å². The van der Waals surface area contributed by atoms with Crippen LogP contribution in [0.1, 0.15) is 24.3 Å². The molecule has 2 fully saturated rings. The third kappa shape index (κ3) is 14.6. The van der Waals surface area contributed by atoms with Crippen LogP contribution in [0.2, 0.25) is 10.6 Å². The fraction of sp³-hybridized carbons (Fsp3) is 0.522. The second kappa shape index (κ2) is 25.0. The van der Waals surface area contributed by atoms with E-state index < -0.39 is 5.91 Å². The number of nitrogen functional groups attached to an aromatic ring is 1. The number of nitrogens with two attached hydrogens (primary N) is 2. The van der Waals surface area contributed by atoms with Crippen LogP contribution in [0.15, 0.2) is 0 Å².